The van der Waals surface area contributed by atoms with Crippen LogP contribution in [0.2, 0.25) is 0 Å². The highest BCUT2D eigenvalue weighted by molar-refractivity contribution is 5.94. The maximum Gasteiger partial charge on any atom is 0.253 e. The average molecular weight is 409 g/mol. The molecule has 0 bridgehead atoms. The topological polar surface area (TPSA) is 55.8 Å². The number of amides is 1. The first-order valence-electron chi connectivity index (χ1n) is 10.9. The quantitative estimate of drug-likeness (QED) is 0.774. The molecule has 0 atom stereocenters. The second kappa shape index (κ2) is 9.43. The second-order valence-electron chi connectivity index (χ2n) is 8.39. The molecule has 2 aliphatic heterocycles. The predicted molar refractivity (Wildman–Crippen MR) is 120 cm³/mol. The Morgan fingerprint density at radius 3 is 2.27 bits per heavy atom. The van der Waals surface area contributed by atoms with Crippen LogP contribution in [0.15, 0.2) is 42.7 Å². The van der Waals surface area contributed by atoms with E-state index in [0.717, 1.165) is 57.2 Å². The molecule has 2 saturated heterocycles. The zero-order valence-corrected chi connectivity index (χ0v) is 18.1. The molecular formula is C23H32N6O. The minimum Gasteiger partial charge on any atom is -0.371 e. The first-order valence-corrected chi connectivity index (χ1v) is 10.9. The van der Waals surface area contributed by atoms with Crippen molar-refractivity contribution in [3.8, 4) is 0 Å². The van der Waals surface area contributed by atoms with E-state index in [1.54, 1.807) is 19.0 Å². The molecule has 1 aromatic heterocycles. The summed E-state index contributed by atoms with van der Waals surface area (Å²) in [5.41, 5.74) is 1.96. The van der Waals surface area contributed by atoms with Gasteiger partial charge in [-0.3, -0.25) is 9.69 Å². The Kier molecular flexibility index (Phi) is 6.47. The van der Waals surface area contributed by atoms with Gasteiger partial charge in [-0.1, -0.05) is 0 Å². The van der Waals surface area contributed by atoms with E-state index in [4.69, 9.17) is 0 Å². The van der Waals surface area contributed by atoms with E-state index in [1.165, 1.54) is 18.5 Å². The molecule has 0 aliphatic carbocycles. The van der Waals surface area contributed by atoms with Crippen molar-refractivity contribution in [3.05, 3.63) is 48.3 Å². The molecule has 0 radical (unpaired) electrons. The van der Waals surface area contributed by atoms with Gasteiger partial charge in [0.2, 0.25) is 5.95 Å². The van der Waals surface area contributed by atoms with Gasteiger partial charge in [0.1, 0.15) is 0 Å². The van der Waals surface area contributed by atoms with Crippen LogP contribution in [0.25, 0.3) is 0 Å². The Labute approximate surface area is 179 Å². The zero-order chi connectivity index (χ0) is 20.9. The fraction of sp³-hybridized carbons (Fsp3) is 0.522. The Morgan fingerprint density at radius 1 is 0.900 bits per heavy atom. The fourth-order valence-corrected chi connectivity index (χ4v) is 4.52. The Morgan fingerprint density at radius 2 is 1.60 bits per heavy atom. The average Bonchev–Trinajstić information content (AvgIpc) is 3.06. The molecule has 2 fully saturated rings. The summed E-state index contributed by atoms with van der Waals surface area (Å²) >= 11 is 0. The molecule has 7 heteroatoms. The number of hydrogen-bond acceptors (Lipinski definition) is 6. The summed E-state index contributed by atoms with van der Waals surface area (Å²) in [5, 5.41) is 0. The van der Waals surface area contributed by atoms with E-state index in [0.29, 0.717) is 6.04 Å². The maximum atomic E-state index is 12.1. The summed E-state index contributed by atoms with van der Waals surface area (Å²) in [7, 11) is 3.58. The number of hydrogen-bond donors (Lipinski definition) is 0. The van der Waals surface area contributed by atoms with Crippen LogP contribution in [0, 0.1) is 0 Å². The third-order valence-electron chi connectivity index (χ3n) is 6.23. The monoisotopic (exact) mass is 408 g/mol. The Balaban J connectivity index is 1.30. The Hall–Kier alpha value is -2.67. The molecule has 7 nitrogen and oxygen atoms in total. The predicted octanol–water partition coefficient (Wildman–Crippen LogP) is 2.36. The molecule has 0 saturated carbocycles. The molecule has 1 amide bonds. The lowest BCUT2D eigenvalue weighted by Crippen LogP contribution is -2.46. The molecule has 0 N–H and O–H groups in total. The van der Waals surface area contributed by atoms with Crippen LogP contribution in [-0.2, 0) is 0 Å². The minimum absolute atomic E-state index is 0.0522. The first kappa shape index (κ1) is 20.6. The smallest absolute Gasteiger partial charge is 0.253 e. The summed E-state index contributed by atoms with van der Waals surface area (Å²) < 4.78 is 0. The molecule has 30 heavy (non-hydrogen) atoms. The minimum atomic E-state index is 0.0522. The van der Waals surface area contributed by atoms with Crippen LogP contribution in [-0.4, -0.2) is 85.1 Å². The Bertz CT molecular complexity index is 817. The van der Waals surface area contributed by atoms with Gasteiger partial charge in [0.15, 0.2) is 0 Å². The molecule has 160 valence electrons. The van der Waals surface area contributed by atoms with Crippen molar-refractivity contribution in [1.82, 2.24) is 19.8 Å². The van der Waals surface area contributed by atoms with Crippen molar-refractivity contribution in [3.63, 3.8) is 0 Å². The van der Waals surface area contributed by atoms with Crippen LogP contribution in [0.3, 0.4) is 0 Å². The van der Waals surface area contributed by atoms with Crippen molar-refractivity contribution in [2.24, 2.45) is 0 Å². The van der Waals surface area contributed by atoms with Crippen LogP contribution < -0.4 is 9.80 Å². The van der Waals surface area contributed by atoms with Gasteiger partial charge in [-0.05, 0) is 49.6 Å². The zero-order valence-electron chi connectivity index (χ0n) is 18.1. The lowest BCUT2D eigenvalue weighted by molar-refractivity contribution is 0.0827. The summed E-state index contributed by atoms with van der Waals surface area (Å²) in [4.78, 5) is 30.0. The van der Waals surface area contributed by atoms with E-state index in [-0.39, 0.29) is 5.91 Å². The molecule has 1 aromatic carbocycles. The van der Waals surface area contributed by atoms with E-state index in [2.05, 4.69) is 36.8 Å². The van der Waals surface area contributed by atoms with Gasteiger partial charge in [0, 0.05) is 83.1 Å². The normalized spacial score (nSPS) is 18.9. The molecule has 0 unspecified atom stereocenters. The van der Waals surface area contributed by atoms with E-state index < -0.39 is 0 Å². The van der Waals surface area contributed by atoms with Crippen molar-refractivity contribution in [1.29, 1.82) is 0 Å². The summed E-state index contributed by atoms with van der Waals surface area (Å²) in [6, 6.07) is 10.6. The first-order chi connectivity index (χ1) is 14.6. The number of nitrogens with zero attached hydrogens (tertiary/aromatic N) is 6. The molecule has 4 rings (SSSR count). The van der Waals surface area contributed by atoms with Crippen molar-refractivity contribution in [2.45, 2.75) is 25.3 Å². The number of benzene rings is 1. The number of aromatic nitrogens is 2. The van der Waals surface area contributed by atoms with Gasteiger partial charge in [-0.2, -0.15) is 0 Å². The van der Waals surface area contributed by atoms with Crippen LogP contribution in [0.1, 0.15) is 29.6 Å². The summed E-state index contributed by atoms with van der Waals surface area (Å²) in [6.07, 6.45) is 7.16. The number of rotatable bonds is 4. The highest BCUT2D eigenvalue weighted by Crippen LogP contribution is 2.24. The lowest BCUT2D eigenvalue weighted by Gasteiger charge is -2.39. The SMILES string of the molecule is CN(C)C(=O)c1ccc(N2CCC(N3CCCN(c4ncccn4)CC3)CC2)cc1. The van der Waals surface area contributed by atoms with E-state index in [1.807, 2.05) is 30.6 Å². The molecular weight excluding hydrogens is 376 g/mol. The number of carbonyl (C=O) groups excluding carboxylic acids is 1. The highest BCUT2D eigenvalue weighted by Gasteiger charge is 2.27. The van der Waals surface area contributed by atoms with E-state index in [9.17, 15) is 4.79 Å². The summed E-state index contributed by atoms with van der Waals surface area (Å²) in [6.45, 7) is 6.36. The van der Waals surface area contributed by atoms with Gasteiger partial charge < -0.3 is 14.7 Å². The fourth-order valence-electron chi connectivity index (χ4n) is 4.52. The van der Waals surface area contributed by atoms with Gasteiger partial charge in [0.05, 0.1) is 0 Å². The standard InChI is InChI=1S/C23H32N6O/c1-26(2)22(30)19-5-7-20(8-6-19)28-15-9-21(10-16-28)27-13-4-14-29(18-17-27)23-24-11-3-12-25-23/h3,5-8,11-12,21H,4,9-10,13-18H2,1-2H3. The lowest BCUT2D eigenvalue weighted by atomic mass is 10.0. The van der Waals surface area contributed by atoms with Gasteiger partial charge >= 0.3 is 0 Å². The van der Waals surface area contributed by atoms with Crippen LogP contribution in [0.4, 0.5) is 11.6 Å². The largest absolute Gasteiger partial charge is 0.371 e. The van der Waals surface area contributed by atoms with Crippen LogP contribution in [0.5, 0.6) is 0 Å². The van der Waals surface area contributed by atoms with Crippen molar-refractivity contribution < 1.29 is 4.79 Å². The molecule has 2 aliphatic rings. The van der Waals surface area contributed by atoms with Gasteiger partial charge in [-0.25, -0.2) is 9.97 Å². The van der Waals surface area contributed by atoms with Gasteiger partial charge in [0.25, 0.3) is 5.91 Å². The number of carbonyl (C=O) groups is 1. The third kappa shape index (κ3) is 4.73. The highest BCUT2D eigenvalue weighted by atomic mass is 16.2. The van der Waals surface area contributed by atoms with Crippen molar-refractivity contribution >= 4 is 17.5 Å². The summed E-state index contributed by atoms with van der Waals surface area (Å²) in [5.74, 6) is 0.904. The number of piperidine rings is 1. The van der Waals surface area contributed by atoms with Crippen molar-refractivity contribution in [2.75, 3.05) is 63.2 Å². The third-order valence-corrected chi connectivity index (χ3v) is 6.23. The van der Waals surface area contributed by atoms with E-state index >= 15 is 0 Å². The molecule has 2 aromatic rings. The number of anilines is 2. The molecule has 3 heterocycles. The van der Waals surface area contributed by atoms with Crippen LogP contribution >= 0.6 is 0 Å². The second-order valence-corrected chi connectivity index (χ2v) is 8.39. The maximum absolute atomic E-state index is 12.1. The molecule has 0 spiro atoms. The van der Waals surface area contributed by atoms with Gasteiger partial charge in [-0.15, -0.1) is 0 Å².